The van der Waals surface area contributed by atoms with Gasteiger partial charge in [-0.1, -0.05) is 43.3 Å². The summed E-state index contributed by atoms with van der Waals surface area (Å²) < 4.78 is 0. The first-order chi connectivity index (χ1) is 11.6. The van der Waals surface area contributed by atoms with E-state index < -0.39 is 0 Å². The third-order valence-electron chi connectivity index (χ3n) is 3.76. The Labute approximate surface area is 142 Å². The third-order valence-corrected chi connectivity index (χ3v) is 3.76. The predicted octanol–water partition coefficient (Wildman–Crippen LogP) is 3.03. The zero-order valence-electron chi connectivity index (χ0n) is 14.1. The van der Waals surface area contributed by atoms with E-state index in [9.17, 15) is 9.59 Å². The van der Waals surface area contributed by atoms with Crippen LogP contribution in [0.1, 0.15) is 36.8 Å². The number of hydrogen-bond donors (Lipinski definition) is 2. The maximum atomic E-state index is 12.3. The predicted molar refractivity (Wildman–Crippen MR) is 94.7 cm³/mol. The van der Waals surface area contributed by atoms with Crippen molar-refractivity contribution >= 4 is 17.6 Å². The van der Waals surface area contributed by atoms with Crippen LogP contribution in [0.2, 0.25) is 0 Å². The van der Waals surface area contributed by atoms with Crippen molar-refractivity contribution in [2.45, 2.75) is 32.6 Å². The van der Waals surface area contributed by atoms with Crippen molar-refractivity contribution in [2.75, 3.05) is 11.9 Å². The molecule has 0 saturated carbocycles. The van der Waals surface area contributed by atoms with E-state index in [2.05, 4.69) is 15.6 Å². The minimum Gasteiger partial charge on any atom is -0.355 e. The first-order valence-corrected chi connectivity index (χ1v) is 8.15. The van der Waals surface area contributed by atoms with Crippen molar-refractivity contribution < 1.29 is 9.59 Å². The van der Waals surface area contributed by atoms with Gasteiger partial charge in [0.1, 0.15) is 5.82 Å². The number of hydrogen-bond acceptors (Lipinski definition) is 3. The maximum Gasteiger partial charge on any atom is 0.227 e. The monoisotopic (exact) mass is 325 g/mol. The van der Waals surface area contributed by atoms with E-state index in [1.165, 1.54) is 0 Å². The molecule has 5 heteroatoms. The summed E-state index contributed by atoms with van der Waals surface area (Å²) in [6.07, 6.45) is 2.63. The Morgan fingerprint density at radius 2 is 1.88 bits per heavy atom. The molecule has 1 aromatic heterocycles. The Balaban J connectivity index is 1.79. The molecule has 0 aliphatic rings. The molecule has 126 valence electrons. The van der Waals surface area contributed by atoms with Crippen LogP contribution in [0.4, 0.5) is 5.82 Å². The fourth-order valence-electron chi connectivity index (χ4n) is 2.43. The SMILES string of the molecule is CC[C@@H](C(=O)NCCC(=O)Nc1ccc(C)cn1)c1ccccc1. The average molecular weight is 325 g/mol. The molecule has 24 heavy (non-hydrogen) atoms. The number of benzene rings is 1. The van der Waals surface area contributed by atoms with E-state index >= 15 is 0 Å². The molecular formula is C19H23N3O2. The lowest BCUT2D eigenvalue weighted by atomic mass is 9.96. The fraction of sp³-hybridized carbons (Fsp3) is 0.316. The summed E-state index contributed by atoms with van der Waals surface area (Å²) >= 11 is 0. The standard InChI is InChI=1S/C19H23N3O2/c1-3-16(15-7-5-4-6-8-15)19(24)20-12-11-18(23)22-17-10-9-14(2)13-21-17/h4-10,13,16H,3,11-12H2,1-2H3,(H,20,24)(H,21,22,23)/t16-/m1/s1. The van der Waals surface area contributed by atoms with Crippen LogP contribution < -0.4 is 10.6 Å². The van der Waals surface area contributed by atoms with Crippen molar-refractivity contribution in [1.82, 2.24) is 10.3 Å². The quantitative estimate of drug-likeness (QED) is 0.822. The number of amides is 2. The second kappa shape index (κ2) is 8.82. The number of rotatable bonds is 7. The molecule has 0 unspecified atom stereocenters. The molecule has 0 aliphatic carbocycles. The second-order valence-electron chi connectivity index (χ2n) is 5.68. The Kier molecular flexibility index (Phi) is 6.49. The molecule has 0 spiro atoms. The van der Waals surface area contributed by atoms with Gasteiger partial charge in [-0.2, -0.15) is 0 Å². The Morgan fingerprint density at radius 1 is 1.12 bits per heavy atom. The summed E-state index contributed by atoms with van der Waals surface area (Å²) in [6.45, 7) is 4.22. The summed E-state index contributed by atoms with van der Waals surface area (Å²) in [6, 6.07) is 13.3. The van der Waals surface area contributed by atoms with Crippen molar-refractivity contribution in [1.29, 1.82) is 0 Å². The molecule has 2 aromatic rings. The van der Waals surface area contributed by atoms with Gasteiger partial charge in [-0.05, 0) is 30.5 Å². The first-order valence-electron chi connectivity index (χ1n) is 8.15. The van der Waals surface area contributed by atoms with Gasteiger partial charge in [-0.15, -0.1) is 0 Å². The average Bonchev–Trinajstić information content (AvgIpc) is 2.58. The molecule has 0 radical (unpaired) electrons. The van der Waals surface area contributed by atoms with Gasteiger partial charge in [0.25, 0.3) is 0 Å². The van der Waals surface area contributed by atoms with Crippen LogP contribution in [0.15, 0.2) is 48.7 Å². The van der Waals surface area contributed by atoms with Crippen LogP contribution in [0, 0.1) is 6.92 Å². The van der Waals surface area contributed by atoms with Crippen molar-refractivity contribution in [3.8, 4) is 0 Å². The molecule has 0 fully saturated rings. The van der Waals surface area contributed by atoms with Crippen molar-refractivity contribution in [3.05, 3.63) is 59.8 Å². The lowest BCUT2D eigenvalue weighted by Crippen LogP contribution is -2.31. The van der Waals surface area contributed by atoms with E-state index in [0.29, 0.717) is 12.4 Å². The second-order valence-corrected chi connectivity index (χ2v) is 5.68. The lowest BCUT2D eigenvalue weighted by Gasteiger charge is -2.15. The Morgan fingerprint density at radius 3 is 2.50 bits per heavy atom. The number of carbonyl (C=O) groups is 2. The van der Waals surface area contributed by atoms with Crippen molar-refractivity contribution in [3.63, 3.8) is 0 Å². The van der Waals surface area contributed by atoms with Gasteiger partial charge in [-0.3, -0.25) is 9.59 Å². The van der Waals surface area contributed by atoms with Crippen molar-refractivity contribution in [2.24, 2.45) is 0 Å². The number of anilines is 1. The van der Waals surface area contributed by atoms with Gasteiger partial charge in [-0.25, -0.2) is 4.98 Å². The van der Waals surface area contributed by atoms with Crippen LogP contribution in [0.25, 0.3) is 0 Å². The van der Waals surface area contributed by atoms with Gasteiger partial charge >= 0.3 is 0 Å². The zero-order chi connectivity index (χ0) is 17.4. The van der Waals surface area contributed by atoms with E-state index in [0.717, 1.165) is 17.5 Å². The number of nitrogens with zero attached hydrogens (tertiary/aromatic N) is 1. The summed E-state index contributed by atoms with van der Waals surface area (Å²) in [5.41, 5.74) is 2.03. The molecule has 1 atom stereocenters. The first kappa shape index (κ1) is 17.7. The molecule has 5 nitrogen and oxygen atoms in total. The van der Waals surface area contributed by atoms with E-state index in [1.807, 2.05) is 50.2 Å². The number of aryl methyl sites for hydroxylation is 1. The van der Waals surface area contributed by atoms with Crippen LogP contribution in [-0.2, 0) is 9.59 Å². The minimum absolute atomic E-state index is 0.0510. The van der Waals surface area contributed by atoms with E-state index in [4.69, 9.17) is 0 Å². The summed E-state index contributed by atoms with van der Waals surface area (Å²) in [4.78, 5) is 28.3. The number of carbonyl (C=O) groups excluding carboxylic acids is 2. The Hall–Kier alpha value is -2.69. The molecule has 0 saturated heterocycles. The molecule has 2 rings (SSSR count). The van der Waals surface area contributed by atoms with Gasteiger partial charge in [0.05, 0.1) is 5.92 Å². The highest BCUT2D eigenvalue weighted by molar-refractivity contribution is 5.90. The largest absolute Gasteiger partial charge is 0.355 e. The topological polar surface area (TPSA) is 71.1 Å². The van der Waals surface area contributed by atoms with E-state index in [1.54, 1.807) is 12.3 Å². The van der Waals surface area contributed by atoms with Crippen LogP contribution in [0.5, 0.6) is 0 Å². The number of aromatic nitrogens is 1. The molecular weight excluding hydrogens is 302 g/mol. The van der Waals surface area contributed by atoms with Gasteiger partial charge in [0.15, 0.2) is 0 Å². The number of pyridine rings is 1. The summed E-state index contributed by atoms with van der Waals surface area (Å²) in [7, 11) is 0. The maximum absolute atomic E-state index is 12.3. The van der Waals surface area contributed by atoms with Gasteiger partial charge < -0.3 is 10.6 Å². The normalized spacial score (nSPS) is 11.6. The van der Waals surface area contributed by atoms with E-state index in [-0.39, 0.29) is 24.2 Å². The Bertz CT molecular complexity index is 669. The molecule has 2 N–H and O–H groups in total. The smallest absolute Gasteiger partial charge is 0.227 e. The molecule has 1 aromatic carbocycles. The fourth-order valence-corrected chi connectivity index (χ4v) is 2.43. The van der Waals surface area contributed by atoms with Gasteiger partial charge in [0, 0.05) is 19.2 Å². The lowest BCUT2D eigenvalue weighted by molar-refractivity contribution is -0.122. The zero-order valence-corrected chi connectivity index (χ0v) is 14.1. The van der Waals surface area contributed by atoms with Gasteiger partial charge in [0.2, 0.25) is 11.8 Å². The van der Waals surface area contributed by atoms with Crippen LogP contribution in [0.3, 0.4) is 0 Å². The third kappa shape index (κ3) is 5.19. The highest BCUT2D eigenvalue weighted by atomic mass is 16.2. The van der Waals surface area contributed by atoms with Crippen LogP contribution in [-0.4, -0.2) is 23.3 Å². The molecule has 0 bridgehead atoms. The molecule has 0 aliphatic heterocycles. The molecule has 1 heterocycles. The van der Waals surface area contributed by atoms with Crippen LogP contribution >= 0.6 is 0 Å². The highest BCUT2D eigenvalue weighted by Crippen LogP contribution is 2.19. The minimum atomic E-state index is -0.187. The molecule has 2 amide bonds. The number of nitrogens with one attached hydrogen (secondary N) is 2. The summed E-state index contributed by atoms with van der Waals surface area (Å²) in [5, 5.41) is 5.55. The summed E-state index contributed by atoms with van der Waals surface area (Å²) in [5.74, 6) is 0.116. The highest BCUT2D eigenvalue weighted by Gasteiger charge is 2.18.